The van der Waals surface area contributed by atoms with Crippen molar-refractivity contribution in [2.75, 3.05) is 11.4 Å². The predicted octanol–water partition coefficient (Wildman–Crippen LogP) is 3.95. The van der Waals surface area contributed by atoms with E-state index >= 15 is 0 Å². The molecule has 4 aliphatic rings. The third-order valence-electron chi connectivity index (χ3n) is 6.07. The van der Waals surface area contributed by atoms with Gasteiger partial charge in [0.15, 0.2) is 0 Å². The van der Waals surface area contributed by atoms with E-state index in [0.29, 0.717) is 11.8 Å². The van der Waals surface area contributed by atoms with Gasteiger partial charge < -0.3 is 10.0 Å². The standard InChI is InChI=1S/C19H18ClNO2/c20-11-7-15-12-4-1-3-10(12)9-21-17(15)16(8-11)13-5-2-6-14(13)18(21)19(22)23/h1-2,4-5,7-8,10,12-14,18H,3,6,9H2,(H,22,23)/t10-,12+,13-,14+,18+/m0/s1. The van der Waals surface area contributed by atoms with Crippen LogP contribution in [-0.4, -0.2) is 23.7 Å². The second-order valence-corrected chi connectivity index (χ2v) is 7.61. The van der Waals surface area contributed by atoms with Gasteiger partial charge in [0.2, 0.25) is 0 Å². The van der Waals surface area contributed by atoms with Crippen molar-refractivity contribution in [2.45, 2.75) is 30.7 Å². The van der Waals surface area contributed by atoms with E-state index in [4.69, 9.17) is 11.6 Å². The highest BCUT2D eigenvalue weighted by molar-refractivity contribution is 6.31. The molecule has 5 rings (SSSR count). The molecule has 1 aromatic rings. The summed E-state index contributed by atoms with van der Waals surface area (Å²) in [5.74, 6) is 0.468. The van der Waals surface area contributed by atoms with E-state index in [1.807, 2.05) is 0 Å². The average Bonchev–Trinajstić information content (AvgIpc) is 3.15. The molecule has 23 heavy (non-hydrogen) atoms. The van der Waals surface area contributed by atoms with Gasteiger partial charge in [-0.25, -0.2) is 4.79 Å². The van der Waals surface area contributed by atoms with Gasteiger partial charge in [-0.2, -0.15) is 0 Å². The second kappa shape index (κ2) is 4.64. The summed E-state index contributed by atoms with van der Waals surface area (Å²) in [4.78, 5) is 14.2. The SMILES string of the molecule is O=C(O)[C@H]1[C@@H]2CC=C[C@@H]2c2cc(Cl)cc3c2N1C[C@@H]1CC=C[C@@H]31. The van der Waals surface area contributed by atoms with E-state index in [2.05, 4.69) is 41.3 Å². The lowest BCUT2D eigenvalue weighted by atomic mass is 9.72. The van der Waals surface area contributed by atoms with Crippen LogP contribution >= 0.6 is 11.6 Å². The highest BCUT2D eigenvalue weighted by atomic mass is 35.5. The molecule has 0 unspecified atom stereocenters. The molecule has 5 atom stereocenters. The maximum absolute atomic E-state index is 12.1. The van der Waals surface area contributed by atoms with Crippen LogP contribution in [0.5, 0.6) is 0 Å². The molecule has 2 heterocycles. The molecule has 0 bridgehead atoms. The van der Waals surface area contributed by atoms with E-state index in [9.17, 15) is 9.90 Å². The summed E-state index contributed by atoms with van der Waals surface area (Å²) in [5, 5.41) is 10.7. The predicted molar refractivity (Wildman–Crippen MR) is 90.2 cm³/mol. The third-order valence-corrected chi connectivity index (χ3v) is 6.29. The number of fused-ring (bicyclic) bond motifs is 4. The zero-order valence-corrected chi connectivity index (χ0v) is 13.4. The number of benzene rings is 1. The first kappa shape index (κ1) is 13.7. The van der Waals surface area contributed by atoms with Crippen LogP contribution in [0.25, 0.3) is 0 Å². The third kappa shape index (κ3) is 1.74. The first-order valence-electron chi connectivity index (χ1n) is 8.31. The molecule has 1 aromatic carbocycles. The van der Waals surface area contributed by atoms with Crippen LogP contribution in [0.3, 0.4) is 0 Å². The Hall–Kier alpha value is -1.74. The Morgan fingerprint density at radius 2 is 1.83 bits per heavy atom. The van der Waals surface area contributed by atoms with Crippen LogP contribution in [-0.2, 0) is 4.79 Å². The van der Waals surface area contributed by atoms with Crippen molar-refractivity contribution in [2.24, 2.45) is 11.8 Å². The topological polar surface area (TPSA) is 40.5 Å². The fraction of sp³-hybridized carbons (Fsp3) is 0.421. The fourth-order valence-electron chi connectivity index (χ4n) is 5.21. The molecular weight excluding hydrogens is 310 g/mol. The van der Waals surface area contributed by atoms with Crippen molar-refractivity contribution in [3.05, 3.63) is 52.6 Å². The van der Waals surface area contributed by atoms with Gasteiger partial charge in [0.1, 0.15) is 6.04 Å². The first-order chi connectivity index (χ1) is 11.1. The quantitative estimate of drug-likeness (QED) is 0.794. The summed E-state index contributed by atoms with van der Waals surface area (Å²) in [7, 11) is 0. The van der Waals surface area contributed by atoms with Crippen LogP contribution in [0.15, 0.2) is 36.4 Å². The summed E-state index contributed by atoms with van der Waals surface area (Å²) in [6.45, 7) is 0.833. The van der Waals surface area contributed by atoms with Crippen LogP contribution in [0.2, 0.25) is 5.02 Å². The van der Waals surface area contributed by atoms with E-state index in [0.717, 1.165) is 30.1 Å². The number of nitrogens with zero attached hydrogens (tertiary/aromatic N) is 1. The van der Waals surface area contributed by atoms with E-state index in [1.54, 1.807) is 0 Å². The van der Waals surface area contributed by atoms with Crippen LogP contribution in [0.1, 0.15) is 35.8 Å². The Morgan fingerprint density at radius 1 is 1.13 bits per heavy atom. The molecular formula is C19H18ClNO2. The summed E-state index contributed by atoms with van der Waals surface area (Å²) in [5.41, 5.74) is 3.59. The van der Waals surface area contributed by atoms with E-state index < -0.39 is 12.0 Å². The number of carbonyl (C=O) groups is 1. The molecule has 0 saturated heterocycles. The molecule has 0 radical (unpaired) electrons. The Kier molecular flexibility index (Phi) is 2.76. The summed E-state index contributed by atoms with van der Waals surface area (Å²) in [6.07, 6.45) is 10.7. The molecule has 0 aromatic heterocycles. The molecule has 3 nitrogen and oxygen atoms in total. The Morgan fingerprint density at radius 3 is 2.61 bits per heavy atom. The highest BCUT2D eigenvalue weighted by Crippen LogP contribution is 2.55. The zero-order valence-electron chi connectivity index (χ0n) is 12.7. The minimum atomic E-state index is -0.695. The Labute approximate surface area is 140 Å². The number of halogens is 1. The van der Waals surface area contributed by atoms with Gasteiger partial charge in [0.05, 0.1) is 0 Å². The summed E-state index contributed by atoms with van der Waals surface area (Å²) < 4.78 is 0. The van der Waals surface area contributed by atoms with Gasteiger partial charge in [0, 0.05) is 35.0 Å². The van der Waals surface area contributed by atoms with Crippen molar-refractivity contribution < 1.29 is 9.90 Å². The lowest BCUT2D eigenvalue weighted by Gasteiger charge is -2.49. The minimum absolute atomic E-state index is 0.122. The van der Waals surface area contributed by atoms with Gasteiger partial charge in [-0.05, 0) is 42.0 Å². The number of hydrogen-bond donors (Lipinski definition) is 1. The first-order valence-corrected chi connectivity index (χ1v) is 8.69. The number of allylic oxidation sites excluding steroid dienone is 4. The number of aliphatic carboxylic acids is 1. The monoisotopic (exact) mass is 327 g/mol. The van der Waals surface area contributed by atoms with Crippen molar-refractivity contribution >= 4 is 23.3 Å². The van der Waals surface area contributed by atoms with Crippen molar-refractivity contribution in [1.29, 1.82) is 0 Å². The molecule has 1 N–H and O–H groups in total. The zero-order chi connectivity index (χ0) is 15.7. The maximum atomic E-state index is 12.1. The molecule has 0 saturated carbocycles. The molecule has 118 valence electrons. The fourth-order valence-corrected chi connectivity index (χ4v) is 5.44. The van der Waals surface area contributed by atoms with E-state index in [-0.39, 0.29) is 11.8 Å². The number of rotatable bonds is 1. The van der Waals surface area contributed by atoms with Gasteiger partial charge in [0.25, 0.3) is 0 Å². The molecule has 2 aliphatic heterocycles. The molecule has 0 fully saturated rings. The van der Waals surface area contributed by atoms with Gasteiger partial charge >= 0.3 is 5.97 Å². The average molecular weight is 328 g/mol. The number of carboxylic acid groups (broad SMARTS) is 1. The molecule has 2 aliphatic carbocycles. The molecule has 0 spiro atoms. The number of hydrogen-bond acceptors (Lipinski definition) is 2. The smallest absolute Gasteiger partial charge is 0.326 e. The lowest BCUT2D eigenvalue weighted by Crippen LogP contribution is -2.54. The summed E-state index contributed by atoms with van der Waals surface area (Å²) in [6, 6.07) is 3.68. The lowest BCUT2D eigenvalue weighted by molar-refractivity contribution is -0.140. The largest absolute Gasteiger partial charge is 0.480 e. The van der Waals surface area contributed by atoms with Crippen molar-refractivity contribution in [3.8, 4) is 0 Å². The van der Waals surface area contributed by atoms with Crippen LogP contribution < -0.4 is 4.90 Å². The van der Waals surface area contributed by atoms with Crippen molar-refractivity contribution in [3.63, 3.8) is 0 Å². The number of anilines is 1. The minimum Gasteiger partial charge on any atom is -0.480 e. The second-order valence-electron chi connectivity index (χ2n) is 7.17. The summed E-state index contributed by atoms with van der Waals surface area (Å²) >= 11 is 6.43. The van der Waals surface area contributed by atoms with Gasteiger partial charge in [-0.1, -0.05) is 35.9 Å². The Bertz CT molecular complexity index is 752. The number of carboxylic acids is 1. The maximum Gasteiger partial charge on any atom is 0.326 e. The van der Waals surface area contributed by atoms with E-state index in [1.165, 1.54) is 11.1 Å². The highest BCUT2D eigenvalue weighted by Gasteiger charge is 2.49. The van der Waals surface area contributed by atoms with Crippen LogP contribution in [0, 0.1) is 11.8 Å². The van der Waals surface area contributed by atoms with Crippen molar-refractivity contribution in [1.82, 2.24) is 0 Å². The van der Waals surface area contributed by atoms with Crippen LogP contribution in [0.4, 0.5) is 5.69 Å². The van der Waals surface area contributed by atoms with Gasteiger partial charge in [-0.15, -0.1) is 0 Å². The molecule has 4 heteroatoms. The van der Waals surface area contributed by atoms with Gasteiger partial charge in [-0.3, -0.25) is 0 Å². The normalized spacial score (nSPS) is 35.9. The Balaban J connectivity index is 1.78. The molecule has 0 amide bonds.